The number of carbonyl (C=O) groups is 1. The van der Waals surface area contributed by atoms with E-state index in [1.807, 2.05) is 31.2 Å². The smallest absolute Gasteiger partial charge is 0.266 e. The van der Waals surface area contributed by atoms with E-state index in [0.29, 0.717) is 40.5 Å². The molecule has 5 nitrogen and oxygen atoms in total. The van der Waals surface area contributed by atoms with Crippen LogP contribution in [0.25, 0.3) is 6.08 Å². The van der Waals surface area contributed by atoms with Gasteiger partial charge < -0.3 is 14.2 Å². The number of nitrogens with zero attached hydrogens (tertiary/aromatic N) is 1. The number of rotatable bonds is 8. The van der Waals surface area contributed by atoms with Crippen molar-refractivity contribution in [3.63, 3.8) is 0 Å². The summed E-state index contributed by atoms with van der Waals surface area (Å²) in [5, 5.41) is 0. The van der Waals surface area contributed by atoms with Gasteiger partial charge in [-0.2, -0.15) is 0 Å². The molecule has 4 rings (SSSR count). The molecule has 1 atom stereocenters. The molecule has 2 aromatic rings. The highest BCUT2D eigenvalue weighted by atomic mass is 32.2. The quantitative estimate of drug-likeness (QED) is 0.389. The molecule has 0 bridgehead atoms. The van der Waals surface area contributed by atoms with E-state index in [0.717, 1.165) is 30.6 Å². The zero-order valence-electron chi connectivity index (χ0n) is 17.7. The molecule has 2 heterocycles. The minimum atomic E-state index is -0.283. The minimum absolute atomic E-state index is 0.0546. The third-order valence-electron chi connectivity index (χ3n) is 5.16. The van der Waals surface area contributed by atoms with Gasteiger partial charge in [-0.25, -0.2) is 4.39 Å². The van der Waals surface area contributed by atoms with Crippen molar-refractivity contribution < 1.29 is 23.4 Å². The molecule has 0 spiro atoms. The minimum Gasteiger partial charge on any atom is -0.490 e. The summed E-state index contributed by atoms with van der Waals surface area (Å²) in [5.41, 5.74) is 1.67. The summed E-state index contributed by atoms with van der Waals surface area (Å²) in [6.07, 6.45) is 3.85. The average Bonchev–Trinajstić information content (AvgIpc) is 3.39. The number of benzene rings is 2. The Balaban J connectivity index is 1.47. The van der Waals surface area contributed by atoms with Crippen LogP contribution in [0.5, 0.6) is 11.5 Å². The van der Waals surface area contributed by atoms with Crippen LogP contribution in [0, 0.1) is 5.82 Å². The molecule has 8 heteroatoms. The van der Waals surface area contributed by atoms with Gasteiger partial charge in [0.25, 0.3) is 5.91 Å². The lowest BCUT2D eigenvalue weighted by molar-refractivity contribution is -0.123. The van der Waals surface area contributed by atoms with Gasteiger partial charge in [0.05, 0.1) is 24.2 Å². The topological polar surface area (TPSA) is 48.0 Å². The van der Waals surface area contributed by atoms with Crippen LogP contribution in [0.3, 0.4) is 0 Å². The second-order valence-electron chi connectivity index (χ2n) is 7.48. The number of thiocarbonyl (C=S) groups is 1. The van der Waals surface area contributed by atoms with Crippen molar-refractivity contribution >= 4 is 40.3 Å². The molecule has 0 radical (unpaired) electrons. The van der Waals surface area contributed by atoms with Crippen LogP contribution in [0.2, 0.25) is 0 Å². The lowest BCUT2D eigenvalue weighted by Gasteiger charge is -2.18. The first-order valence-electron chi connectivity index (χ1n) is 10.5. The standard InChI is InChI=1S/C24H24FNO4S2/c1-2-28-21-12-17(7-10-20(21)30-15-16-5-8-18(25)9-6-16)13-22-23(27)26(24(31)32-22)14-19-4-3-11-29-19/h5-10,12-13,19H,2-4,11,14-15H2,1H3/b22-13-/t19-/m1/s1. The Labute approximate surface area is 196 Å². The van der Waals surface area contributed by atoms with Gasteiger partial charge in [0.1, 0.15) is 16.7 Å². The zero-order valence-corrected chi connectivity index (χ0v) is 19.3. The molecule has 0 saturated carbocycles. The van der Waals surface area contributed by atoms with Gasteiger partial charge in [-0.3, -0.25) is 9.69 Å². The fourth-order valence-corrected chi connectivity index (χ4v) is 4.82. The van der Waals surface area contributed by atoms with E-state index in [1.165, 1.54) is 23.9 Å². The van der Waals surface area contributed by atoms with Crippen LogP contribution in [-0.4, -0.2) is 41.0 Å². The highest BCUT2D eigenvalue weighted by molar-refractivity contribution is 8.26. The predicted octanol–water partition coefficient (Wildman–Crippen LogP) is 5.18. The van der Waals surface area contributed by atoms with Gasteiger partial charge >= 0.3 is 0 Å². The average molecular weight is 474 g/mol. The first-order valence-corrected chi connectivity index (χ1v) is 11.8. The lowest BCUT2D eigenvalue weighted by atomic mass is 10.1. The number of carbonyl (C=O) groups excluding carboxylic acids is 1. The van der Waals surface area contributed by atoms with E-state index >= 15 is 0 Å². The Morgan fingerprint density at radius 2 is 2.03 bits per heavy atom. The molecule has 168 valence electrons. The molecule has 0 aliphatic carbocycles. The zero-order chi connectivity index (χ0) is 22.5. The van der Waals surface area contributed by atoms with Crippen molar-refractivity contribution in [1.82, 2.24) is 4.90 Å². The number of halogens is 1. The van der Waals surface area contributed by atoms with E-state index in [1.54, 1.807) is 17.0 Å². The molecule has 2 fully saturated rings. The fraction of sp³-hybridized carbons (Fsp3) is 0.333. The molecule has 0 unspecified atom stereocenters. The van der Waals surface area contributed by atoms with Gasteiger partial charge in [-0.15, -0.1) is 0 Å². The largest absolute Gasteiger partial charge is 0.490 e. The Morgan fingerprint density at radius 1 is 1.22 bits per heavy atom. The predicted molar refractivity (Wildman–Crippen MR) is 127 cm³/mol. The maximum absolute atomic E-state index is 13.1. The fourth-order valence-electron chi connectivity index (χ4n) is 3.54. The molecule has 0 aromatic heterocycles. The molecule has 2 aliphatic heterocycles. The van der Waals surface area contributed by atoms with Crippen molar-refractivity contribution in [3.05, 3.63) is 64.3 Å². The van der Waals surface area contributed by atoms with Crippen LogP contribution in [0.15, 0.2) is 47.4 Å². The summed E-state index contributed by atoms with van der Waals surface area (Å²) in [5.74, 6) is 0.789. The maximum Gasteiger partial charge on any atom is 0.266 e. The first-order chi connectivity index (χ1) is 15.5. The van der Waals surface area contributed by atoms with Crippen molar-refractivity contribution in [2.24, 2.45) is 0 Å². The maximum atomic E-state index is 13.1. The van der Waals surface area contributed by atoms with Crippen LogP contribution in [0.1, 0.15) is 30.9 Å². The highest BCUT2D eigenvalue weighted by Crippen LogP contribution is 2.35. The van der Waals surface area contributed by atoms with E-state index in [-0.39, 0.29) is 17.8 Å². The van der Waals surface area contributed by atoms with Gasteiger partial charge in [-0.05, 0) is 61.2 Å². The summed E-state index contributed by atoms with van der Waals surface area (Å²) in [6.45, 7) is 3.90. The molecule has 2 saturated heterocycles. The van der Waals surface area contributed by atoms with Gasteiger partial charge in [0.2, 0.25) is 0 Å². The summed E-state index contributed by atoms with van der Waals surface area (Å²) in [7, 11) is 0. The molecule has 2 aromatic carbocycles. The normalized spacial score (nSPS) is 19.8. The van der Waals surface area contributed by atoms with E-state index in [9.17, 15) is 9.18 Å². The van der Waals surface area contributed by atoms with E-state index in [4.69, 9.17) is 26.4 Å². The van der Waals surface area contributed by atoms with Crippen molar-refractivity contribution in [2.75, 3.05) is 19.8 Å². The molecular weight excluding hydrogens is 449 g/mol. The molecule has 32 heavy (non-hydrogen) atoms. The number of hydrogen-bond donors (Lipinski definition) is 0. The second-order valence-corrected chi connectivity index (χ2v) is 9.16. The van der Waals surface area contributed by atoms with Crippen molar-refractivity contribution in [2.45, 2.75) is 32.5 Å². The molecule has 0 N–H and O–H groups in total. The Kier molecular flexibility index (Phi) is 7.44. The van der Waals surface area contributed by atoms with Crippen LogP contribution in [-0.2, 0) is 16.1 Å². The molecular formula is C24H24FNO4S2. The van der Waals surface area contributed by atoms with Gasteiger partial charge in [0, 0.05) is 6.61 Å². The van der Waals surface area contributed by atoms with Crippen molar-refractivity contribution in [1.29, 1.82) is 0 Å². The van der Waals surface area contributed by atoms with Gasteiger partial charge in [-0.1, -0.05) is 42.2 Å². The number of amides is 1. The molecule has 2 aliphatic rings. The Hall–Kier alpha value is -2.42. The van der Waals surface area contributed by atoms with E-state index < -0.39 is 0 Å². The lowest BCUT2D eigenvalue weighted by Crippen LogP contribution is -2.35. The number of thioether (sulfide) groups is 1. The van der Waals surface area contributed by atoms with Crippen LogP contribution < -0.4 is 9.47 Å². The Bertz CT molecular complexity index is 1020. The molecule has 1 amide bonds. The number of ether oxygens (including phenoxy) is 3. The third kappa shape index (κ3) is 5.49. The summed E-state index contributed by atoms with van der Waals surface area (Å²) < 4.78 is 30.9. The Morgan fingerprint density at radius 3 is 2.75 bits per heavy atom. The summed E-state index contributed by atoms with van der Waals surface area (Å²) in [6, 6.07) is 11.7. The van der Waals surface area contributed by atoms with Gasteiger partial charge in [0.15, 0.2) is 11.5 Å². The highest BCUT2D eigenvalue weighted by Gasteiger charge is 2.34. The third-order valence-corrected chi connectivity index (χ3v) is 6.53. The number of hydrogen-bond acceptors (Lipinski definition) is 6. The second kappa shape index (κ2) is 10.5. The first kappa shape index (κ1) is 22.8. The monoisotopic (exact) mass is 473 g/mol. The van der Waals surface area contributed by atoms with E-state index in [2.05, 4.69) is 0 Å². The van der Waals surface area contributed by atoms with Crippen molar-refractivity contribution in [3.8, 4) is 11.5 Å². The summed E-state index contributed by atoms with van der Waals surface area (Å²) >= 11 is 6.73. The van der Waals surface area contributed by atoms with Crippen LogP contribution in [0.4, 0.5) is 4.39 Å². The summed E-state index contributed by atoms with van der Waals surface area (Å²) in [4.78, 5) is 15.1. The SMILES string of the molecule is CCOc1cc(/C=C2\SC(=S)N(C[C@H]3CCCO3)C2=O)ccc1OCc1ccc(F)cc1. The van der Waals surface area contributed by atoms with Crippen LogP contribution >= 0.6 is 24.0 Å².